The summed E-state index contributed by atoms with van der Waals surface area (Å²) in [6.45, 7) is 1.52. The summed E-state index contributed by atoms with van der Waals surface area (Å²) in [5.41, 5.74) is -0.194. The number of rotatable bonds is 4. The Bertz CT molecular complexity index is 503. The first-order valence-electron chi connectivity index (χ1n) is 5.96. The molecule has 0 spiro atoms. The number of nitrogens with one attached hydrogen (secondary N) is 2. The number of amides is 1. The van der Waals surface area contributed by atoms with Gasteiger partial charge in [0.1, 0.15) is 11.3 Å². The highest BCUT2D eigenvalue weighted by Gasteiger charge is 2.24. The lowest BCUT2D eigenvalue weighted by Crippen LogP contribution is -2.36. The highest BCUT2D eigenvalue weighted by molar-refractivity contribution is 5.98. The zero-order chi connectivity index (χ0) is 13.8. The van der Waals surface area contributed by atoms with Gasteiger partial charge in [0, 0.05) is 18.7 Å². The van der Waals surface area contributed by atoms with Crippen molar-refractivity contribution in [3.63, 3.8) is 0 Å². The fourth-order valence-corrected chi connectivity index (χ4v) is 2.02. The molecule has 1 saturated heterocycles. The number of hydrogen-bond donors (Lipinski definition) is 2. The van der Waals surface area contributed by atoms with Crippen molar-refractivity contribution in [1.82, 2.24) is 10.6 Å². The van der Waals surface area contributed by atoms with Crippen LogP contribution in [0.4, 0.5) is 5.69 Å². The van der Waals surface area contributed by atoms with Crippen LogP contribution in [0.1, 0.15) is 16.8 Å². The van der Waals surface area contributed by atoms with Gasteiger partial charge in [-0.3, -0.25) is 14.9 Å². The number of nitro benzene ring substituents is 1. The average molecular weight is 302 g/mol. The van der Waals surface area contributed by atoms with Crippen LogP contribution in [0.5, 0.6) is 5.75 Å². The van der Waals surface area contributed by atoms with E-state index in [1.165, 1.54) is 25.3 Å². The normalized spacial score (nSPS) is 17.1. The van der Waals surface area contributed by atoms with Crippen LogP contribution in [-0.2, 0) is 0 Å². The Labute approximate surface area is 122 Å². The first kappa shape index (κ1) is 16.2. The third-order valence-electron chi connectivity index (χ3n) is 3.04. The Hall–Kier alpha value is -1.86. The van der Waals surface area contributed by atoms with Crippen molar-refractivity contribution in [2.45, 2.75) is 12.5 Å². The van der Waals surface area contributed by atoms with Gasteiger partial charge in [0.05, 0.1) is 12.0 Å². The molecule has 0 bridgehead atoms. The highest BCUT2D eigenvalue weighted by atomic mass is 35.5. The van der Waals surface area contributed by atoms with E-state index < -0.39 is 10.8 Å². The molecule has 0 aliphatic carbocycles. The zero-order valence-electron chi connectivity index (χ0n) is 10.9. The van der Waals surface area contributed by atoms with Gasteiger partial charge in [0.2, 0.25) is 0 Å². The maximum atomic E-state index is 12.1. The number of halogens is 1. The van der Waals surface area contributed by atoms with Crippen molar-refractivity contribution in [2.75, 3.05) is 20.2 Å². The number of carbonyl (C=O) groups excluding carboxylic acids is 1. The number of benzene rings is 1. The van der Waals surface area contributed by atoms with Gasteiger partial charge in [-0.1, -0.05) is 0 Å². The van der Waals surface area contributed by atoms with Crippen molar-refractivity contribution in [1.29, 1.82) is 0 Å². The predicted octanol–water partition coefficient (Wildman–Crippen LogP) is 1.12. The molecular weight excluding hydrogens is 286 g/mol. The number of ether oxygens (including phenoxy) is 1. The molecule has 1 atom stereocenters. The Balaban J connectivity index is 0.00000200. The molecule has 7 nitrogen and oxygen atoms in total. The molecule has 20 heavy (non-hydrogen) atoms. The smallest absolute Gasteiger partial charge is 0.282 e. The Morgan fingerprint density at radius 1 is 1.55 bits per heavy atom. The minimum atomic E-state index is -0.568. The summed E-state index contributed by atoms with van der Waals surface area (Å²) in [6.07, 6.45) is 0.823. The van der Waals surface area contributed by atoms with Gasteiger partial charge in [-0.25, -0.2) is 0 Å². The summed E-state index contributed by atoms with van der Waals surface area (Å²) in [7, 11) is 1.45. The average Bonchev–Trinajstić information content (AvgIpc) is 2.90. The number of nitro groups is 1. The summed E-state index contributed by atoms with van der Waals surface area (Å²) < 4.78 is 4.99. The number of methoxy groups -OCH3 is 1. The van der Waals surface area contributed by atoms with Crippen LogP contribution in [0.2, 0.25) is 0 Å². The highest BCUT2D eigenvalue weighted by Crippen LogP contribution is 2.24. The van der Waals surface area contributed by atoms with E-state index in [1.807, 2.05) is 0 Å². The third kappa shape index (κ3) is 3.58. The van der Waals surface area contributed by atoms with Crippen LogP contribution >= 0.6 is 12.4 Å². The van der Waals surface area contributed by atoms with Gasteiger partial charge < -0.3 is 15.4 Å². The summed E-state index contributed by atoms with van der Waals surface area (Å²) in [5, 5.41) is 16.8. The van der Waals surface area contributed by atoms with Crippen molar-refractivity contribution in [2.24, 2.45) is 0 Å². The van der Waals surface area contributed by atoms with E-state index in [0.29, 0.717) is 12.3 Å². The van der Waals surface area contributed by atoms with Gasteiger partial charge in [-0.05, 0) is 25.1 Å². The largest absolute Gasteiger partial charge is 0.497 e. The predicted molar refractivity (Wildman–Crippen MR) is 75.6 cm³/mol. The molecule has 0 radical (unpaired) electrons. The lowest BCUT2D eigenvalue weighted by atomic mass is 10.1. The van der Waals surface area contributed by atoms with E-state index in [0.717, 1.165) is 13.0 Å². The van der Waals surface area contributed by atoms with Gasteiger partial charge in [-0.2, -0.15) is 0 Å². The maximum absolute atomic E-state index is 12.1. The second-order valence-electron chi connectivity index (χ2n) is 4.30. The molecule has 1 fully saturated rings. The van der Waals surface area contributed by atoms with E-state index in [9.17, 15) is 14.9 Å². The van der Waals surface area contributed by atoms with Crippen LogP contribution < -0.4 is 15.4 Å². The van der Waals surface area contributed by atoms with Gasteiger partial charge in [0.25, 0.3) is 11.6 Å². The van der Waals surface area contributed by atoms with Crippen LogP contribution in [0.25, 0.3) is 0 Å². The molecule has 2 N–H and O–H groups in total. The summed E-state index contributed by atoms with van der Waals surface area (Å²) in [6, 6.07) is 4.14. The molecular formula is C12H16ClN3O4. The van der Waals surface area contributed by atoms with Crippen molar-refractivity contribution < 1.29 is 14.5 Å². The monoisotopic (exact) mass is 301 g/mol. The number of hydrogen-bond acceptors (Lipinski definition) is 5. The van der Waals surface area contributed by atoms with E-state index in [1.54, 1.807) is 0 Å². The van der Waals surface area contributed by atoms with E-state index in [2.05, 4.69) is 10.6 Å². The molecule has 1 amide bonds. The molecule has 1 aromatic rings. The van der Waals surface area contributed by atoms with Gasteiger partial charge in [-0.15, -0.1) is 12.4 Å². The van der Waals surface area contributed by atoms with Crippen molar-refractivity contribution >= 4 is 24.0 Å². The Morgan fingerprint density at radius 3 is 2.85 bits per heavy atom. The zero-order valence-corrected chi connectivity index (χ0v) is 11.7. The minimum Gasteiger partial charge on any atom is -0.497 e. The first-order valence-corrected chi connectivity index (χ1v) is 5.96. The third-order valence-corrected chi connectivity index (χ3v) is 3.04. The van der Waals surface area contributed by atoms with Crippen LogP contribution in [-0.4, -0.2) is 37.1 Å². The molecule has 2 rings (SSSR count). The van der Waals surface area contributed by atoms with Crippen LogP contribution in [0, 0.1) is 10.1 Å². The molecule has 8 heteroatoms. The summed E-state index contributed by atoms with van der Waals surface area (Å²) in [4.78, 5) is 22.5. The molecule has 0 saturated carbocycles. The van der Waals surface area contributed by atoms with Crippen molar-refractivity contribution in [3.05, 3.63) is 33.9 Å². The molecule has 1 unspecified atom stereocenters. The summed E-state index contributed by atoms with van der Waals surface area (Å²) >= 11 is 0. The van der Waals surface area contributed by atoms with Crippen LogP contribution in [0.3, 0.4) is 0 Å². The second kappa shape index (κ2) is 7.06. The molecule has 1 aliphatic rings. The Kier molecular flexibility index (Phi) is 5.72. The number of carbonyl (C=O) groups is 1. The quantitative estimate of drug-likeness (QED) is 0.642. The first-order chi connectivity index (χ1) is 9.11. The van der Waals surface area contributed by atoms with E-state index in [-0.39, 0.29) is 29.7 Å². The molecule has 1 aliphatic heterocycles. The Morgan fingerprint density at radius 2 is 2.30 bits per heavy atom. The minimum absolute atomic E-state index is 0. The van der Waals surface area contributed by atoms with Crippen LogP contribution in [0.15, 0.2) is 18.2 Å². The molecule has 1 aromatic carbocycles. The van der Waals surface area contributed by atoms with E-state index >= 15 is 0 Å². The van der Waals surface area contributed by atoms with Gasteiger partial charge in [0.15, 0.2) is 0 Å². The SMILES string of the molecule is COc1ccc([N+](=O)[O-])c(C(=O)NC2CCNC2)c1.Cl. The molecule has 110 valence electrons. The fraction of sp³-hybridized carbons (Fsp3) is 0.417. The van der Waals surface area contributed by atoms with E-state index in [4.69, 9.17) is 4.74 Å². The topological polar surface area (TPSA) is 93.5 Å². The number of nitrogens with zero attached hydrogens (tertiary/aromatic N) is 1. The lowest BCUT2D eigenvalue weighted by Gasteiger charge is -2.12. The summed E-state index contributed by atoms with van der Waals surface area (Å²) in [5.74, 6) is -0.0282. The molecule has 1 heterocycles. The lowest BCUT2D eigenvalue weighted by molar-refractivity contribution is -0.385. The molecule has 0 aromatic heterocycles. The standard InChI is InChI=1S/C12H15N3O4.ClH/c1-19-9-2-3-11(15(17)18)10(6-9)12(16)14-8-4-5-13-7-8;/h2-3,6,8,13H,4-5,7H2,1H3,(H,14,16);1H. The maximum Gasteiger partial charge on any atom is 0.282 e. The van der Waals surface area contributed by atoms with Gasteiger partial charge >= 0.3 is 0 Å². The van der Waals surface area contributed by atoms with Crippen molar-refractivity contribution in [3.8, 4) is 5.75 Å². The second-order valence-corrected chi connectivity index (χ2v) is 4.30. The fourth-order valence-electron chi connectivity index (χ4n) is 2.02.